The fourth-order valence-electron chi connectivity index (χ4n) is 1.34. The molecule has 0 spiro atoms. The summed E-state index contributed by atoms with van der Waals surface area (Å²) in [5, 5.41) is 4.10. The molecule has 0 fully saturated rings. The largest absolute Gasteiger partial charge is 0.493 e. The first-order valence-electron chi connectivity index (χ1n) is 4.48. The number of benzene rings is 1. The van der Waals surface area contributed by atoms with Gasteiger partial charge in [-0.05, 0) is 12.1 Å². The van der Waals surface area contributed by atoms with Gasteiger partial charge in [0.2, 0.25) is 0 Å². The van der Waals surface area contributed by atoms with Crippen molar-refractivity contribution < 1.29 is 9.53 Å². The van der Waals surface area contributed by atoms with Crippen LogP contribution in [0.2, 0.25) is 0 Å². The summed E-state index contributed by atoms with van der Waals surface area (Å²) in [6.07, 6.45) is 4.13. The number of ether oxygens (including phenoxy) is 1. The number of carbonyl (C=O) groups excluding carboxylic acids is 1. The van der Waals surface area contributed by atoms with Crippen LogP contribution >= 0.6 is 0 Å². The molecule has 1 aromatic carbocycles. The Morgan fingerprint density at radius 1 is 1.40 bits per heavy atom. The molecule has 1 aromatic heterocycles. The minimum Gasteiger partial charge on any atom is -0.493 e. The van der Waals surface area contributed by atoms with Gasteiger partial charge in [-0.3, -0.25) is 4.79 Å². The van der Waals surface area contributed by atoms with E-state index < -0.39 is 0 Å². The Labute approximate surface area is 87.1 Å². The second kappa shape index (κ2) is 3.96. The first kappa shape index (κ1) is 9.45. The highest BCUT2D eigenvalue weighted by Crippen LogP contribution is 2.15. The standard InChI is InChI=1S/C11H10N2O2/c1-15-10-6-12-13(7-10)11-5-3-2-4-9(11)8-14/h2-8H,1H3. The fraction of sp³-hybridized carbons (Fsp3) is 0.0909. The van der Waals surface area contributed by atoms with Crippen molar-refractivity contribution >= 4 is 6.29 Å². The van der Waals surface area contributed by atoms with Gasteiger partial charge in [0.25, 0.3) is 0 Å². The van der Waals surface area contributed by atoms with Crippen molar-refractivity contribution in [2.75, 3.05) is 7.11 Å². The summed E-state index contributed by atoms with van der Waals surface area (Å²) >= 11 is 0. The van der Waals surface area contributed by atoms with Crippen LogP contribution in [0.15, 0.2) is 36.7 Å². The van der Waals surface area contributed by atoms with Crippen LogP contribution in [0, 0.1) is 0 Å². The molecular weight excluding hydrogens is 192 g/mol. The number of aldehydes is 1. The number of hydrogen-bond acceptors (Lipinski definition) is 3. The molecular formula is C11H10N2O2. The predicted molar refractivity (Wildman–Crippen MR) is 55.5 cm³/mol. The van der Waals surface area contributed by atoms with Gasteiger partial charge >= 0.3 is 0 Å². The Hall–Kier alpha value is -2.10. The van der Waals surface area contributed by atoms with E-state index in [-0.39, 0.29) is 0 Å². The van der Waals surface area contributed by atoms with E-state index in [2.05, 4.69) is 5.10 Å². The minimum atomic E-state index is 0.600. The molecule has 0 atom stereocenters. The smallest absolute Gasteiger partial charge is 0.157 e. The summed E-state index contributed by atoms with van der Waals surface area (Å²) in [5.41, 5.74) is 1.35. The highest BCUT2D eigenvalue weighted by Gasteiger charge is 2.04. The Morgan fingerprint density at radius 2 is 2.20 bits per heavy atom. The van der Waals surface area contributed by atoms with Crippen molar-refractivity contribution in [3.8, 4) is 11.4 Å². The lowest BCUT2D eigenvalue weighted by molar-refractivity contribution is 0.112. The highest BCUT2D eigenvalue weighted by molar-refractivity contribution is 5.80. The van der Waals surface area contributed by atoms with Crippen LogP contribution in [0.25, 0.3) is 5.69 Å². The molecule has 0 bridgehead atoms. The fourth-order valence-corrected chi connectivity index (χ4v) is 1.34. The summed E-state index contributed by atoms with van der Waals surface area (Å²) in [7, 11) is 1.58. The molecule has 0 aliphatic carbocycles. The van der Waals surface area contributed by atoms with Crippen molar-refractivity contribution in [2.24, 2.45) is 0 Å². The van der Waals surface area contributed by atoms with E-state index in [1.165, 1.54) is 0 Å². The minimum absolute atomic E-state index is 0.600. The monoisotopic (exact) mass is 202 g/mol. The van der Waals surface area contributed by atoms with Crippen LogP contribution in [0.4, 0.5) is 0 Å². The van der Waals surface area contributed by atoms with Gasteiger partial charge in [0.1, 0.15) is 0 Å². The van der Waals surface area contributed by atoms with E-state index in [4.69, 9.17) is 4.74 Å². The third-order valence-corrected chi connectivity index (χ3v) is 2.11. The van der Waals surface area contributed by atoms with Crippen LogP contribution in [0.5, 0.6) is 5.75 Å². The molecule has 15 heavy (non-hydrogen) atoms. The molecule has 0 saturated heterocycles. The summed E-state index contributed by atoms with van der Waals surface area (Å²) < 4.78 is 6.63. The quantitative estimate of drug-likeness (QED) is 0.711. The molecule has 2 aromatic rings. The van der Waals surface area contributed by atoms with Gasteiger partial charge < -0.3 is 4.74 Å². The zero-order valence-corrected chi connectivity index (χ0v) is 8.25. The van der Waals surface area contributed by atoms with Gasteiger partial charge in [-0.15, -0.1) is 0 Å². The van der Waals surface area contributed by atoms with E-state index in [0.29, 0.717) is 11.3 Å². The number of methoxy groups -OCH3 is 1. The zero-order chi connectivity index (χ0) is 10.7. The molecule has 1 heterocycles. The molecule has 76 valence electrons. The Morgan fingerprint density at radius 3 is 2.87 bits per heavy atom. The van der Waals surface area contributed by atoms with Crippen molar-refractivity contribution in [1.82, 2.24) is 9.78 Å². The van der Waals surface area contributed by atoms with E-state index in [1.54, 1.807) is 30.3 Å². The summed E-state index contributed by atoms with van der Waals surface area (Å²) in [6, 6.07) is 7.25. The van der Waals surface area contributed by atoms with Crippen LogP contribution in [0.1, 0.15) is 10.4 Å². The molecule has 0 unspecified atom stereocenters. The number of rotatable bonds is 3. The van der Waals surface area contributed by atoms with Gasteiger partial charge in [-0.25, -0.2) is 4.68 Å². The van der Waals surface area contributed by atoms with Gasteiger partial charge in [0.05, 0.1) is 25.2 Å². The first-order chi connectivity index (χ1) is 7.35. The van der Waals surface area contributed by atoms with Crippen LogP contribution in [-0.4, -0.2) is 23.2 Å². The Kier molecular flexibility index (Phi) is 2.49. The summed E-state index contributed by atoms with van der Waals surface area (Å²) in [5.74, 6) is 0.663. The lowest BCUT2D eigenvalue weighted by Gasteiger charge is -2.03. The van der Waals surface area contributed by atoms with Crippen LogP contribution in [0.3, 0.4) is 0 Å². The maximum Gasteiger partial charge on any atom is 0.157 e. The lowest BCUT2D eigenvalue weighted by atomic mass is 10.2. The Bertz CT molecular complexity index is 477. The van der Waals surface area contributed by atoms with Crippen molar-refractivity contribution in [3.63, 3.8) is 0 Å². The molecule has 0 saturated carbocycles. The lowest BCUT2D eigenvalue weighted by Crippen LogP contribution is -1.98. The second-order valence-corrected chi connectivity index (χ2v) is 3.00. The maximum absolute atomic E-state index is 10.8. The number of aromatic nitrogens is 2. The third kappa shape index (κ3) is 1.74. The van der Waals surface area contributed by atoms with Gasteiger partial charge in [0.15, 0.2) is 12.0 Å². The molecule has 4 heteroatoms. The van der Waals surface area contributed by atoms with Gasteiger partial charge in [0, 0.05) is 5.56 Å². The molecule has 2 rings (SSSR count). The van der Waals surface area contributed by atoms with Crippen molar-refractivity contribution in [3.05, 3.63) is 42.2 Å². The molecule has 0 N–H and O–H groups in total. The van der Waals surface area contributed by atoms with E-state index in [0.717, 1.165) is 12.0 Å². The molecule has 4 nitrogen and oxygen atoms in total. The van der Waals surface area contributed by atoms with Gasteiger partial charge in [-0.1, -0.05) is 12.1 Å². The molecule has 0 radical (unpaired) electrons. The number of nitrogens with zero attached hydrogens (tertiary/aromatic N) is 2. The number of carbonyl (C=O) groups is 1. The maximum atomic E-state index is 10.8. The number of hydrogen-bond donors (Lipinski definition) is 0. The SMILES string of the molecule is COc1cnn(-c2ccccc2C=O)c1. The van der Waals surface area contributed by atoms with Gasteiger partial charge in [-0.2, -0.15) is 5.10 Å². The summed E-state index contributed by atoms with van der Waals surface area (Å²) in [4.78, 5) is 10.8. The average Bonchev–Trinajstić information content (AvgIpc) is 2.77. The molecule has 0 aliphatic rings. The Balaban J connectivity index is 2.48. The second-order valence-electron chi connectivity index (χ2n) is 3.00. The van der Waals surface area contributed by atoms with Crippen molar-refractivity contribution in [1.29, 1.82) is 0 Å². The number of para-hydroxylation sites is 1. The molecule has 0 amide bonds. The molecule has 0 aliphatic heterocycles. The van der Waals surface area contributed by atoms with E-state index >= 15 is 0 Å². The van der Waals surface area contributed by atoms with Crippen molar-refractivity contribution in [2.45, 2.75) is 0 Å². The normalized spacial score (nSPS) is 9.93. The van der Waals surface area contributed by atoms with E-state index in [9.17, 15) is 4.79 Å². The van der Waals surface area contributed by atoms with Crippen LogP contribution in [-0.2, 0) is 0 Å². The van der Waals surface area contributed by atoms with Crippen LogP contribution < -0.4 is 4.74 Å². The third-order valence-electron chi connectivity index (χ3n) is 2.11. The summed E-state index contributed by atoms with van der Waals surface area (Å²) in [6.45, 7) is 0. The predicted octanol–water partition coefficient (Wildman–Crippen LogP) is 1.69. The highest BCUT2D eigenvalue weighted by atomic mass is 16.5. The topological polar surface area (TPSA) is 44.1 Å². The zero-order valence-electron chi connectivity index (χ0n) is 8.25. The first-order valence-corrected chi connectivity index (χ1v) is 4.48. The average molecular weight is 202 g/mol. The van der Waals surface area contributed by atoms with E-state index in [1.807, 2.05) is 18.2 Å².